The van der Waals surface area contributed by atoms with Crippen molar-refractivity contribution in [3.63, 3.8) is 0 Å². The molecular formula is C25H33NO4. The molecule has 0 radical (unpaired) electrons. The van der Waals surface area contributed by atoms with Crippen molar-refractivity contribution in [2.75, 3.05) is 13.2 Å². The van der Waals surface area contributed by atoms with E-state index in [4.69, 9.17) is 19.9 Å². The fourth-order valence-corrected chi connectivity index (χ4v) is 4.28. The third-order valence-corrected chi connectivity index (χ3v) is 6.11. The predicted molar refractivity (Wildman–Crippen MR) is 118 cm³/mol. The van der Waals surface area contributed by atoms with Crippen molar-refractivity contribution >= 4 is 0 Å². The van der Waals surface area contributed by atoms with E-state index in [1.807, 2.05) is 24.3 Å². The molecule has 5 nitrogen and oxygen atoms in total. The van der Waals surface area contributed by atoms with E-state index in [0.29, 0.717) is 36.9 Å². The van der Waals surface area contributed by atoms with E-state index in [9.17, 15) is 5.11 Å². The van der Waals surface area contributed by atoms with Crippen molar-refractivity contribution in [2.45, 2.75) is 64.5 Å². The summed E-state index contributed by atoms with van der Waals surface area (Å²) < 4.78 is 18.1. The second-order valence-electron chi connectivity index (χ2n) is 9.72. The van der Waals surface area contributed by atoms with Gasteiger partial charge in [0.25, 0.3) is 0 Å². The molecule has 162 valence electrons. The van der Waals surface area contributed by atoms with Gasteiger partial charge in [-0.25, -0.2) is 0 Å². The highest BCUT2D eigenvalue weighted by atomic mass is 16.5. The van der Waals surface area contributed by atoms with Crippen LogP contribution in [0.3, 0.4) is 0 Å². The maximum absolute atomic E-state index is 10.7. The number of fused-ring (bicyclic) bond motifs is 3. The van der Waals surface area contributed by atoms with Gasteiger partial charge in [-0.2, -0.15) is 0 Å². The zero-order chi connectivity index (χ0) is 21.5. The van der Waals surface area contributed by atoms with Gasteiger partial charge in [-0.15, -0.1) is 0 Å². The summed E-state index contributed by atoms with van der Waals surface area (Å²) in [5.74, 6) is 3.19. The normalized spacial score (nSPS) is 21.9. The molecule has 0 aliphatic carbocycles. The molecule has 1 atom stereocenters. The first kappa shape index (κ1) is 20.9. The largest absolute Gasteiger partial charge is 0.507 e. The van der Waals surface area contributed by atoms with Gasteiger partial charge in [0, 0.05) is 23.6 Å². The molecule has 0 saturated heterocycles. The molecule has 0 aromatic heterocycles. The summed E-state index contributed by atoms with van der Waals surface area (Å²) in [5.41, 5.74) is 8.67. The fraction of sp³-hybridized carbons (Fsp3) is 0.520. The minimum Gasteiger partial charge on any atom is -0.507 e. The summed E-state index contributed by atoms with van der Waals surface area (Å²) in [6.07, 6.45) is 3.45. The maximum atomic E-state index is 10.7. The van der Waals surface area contributed by atoms with Gasteiger partial charge in [0.1, 0.15) is 35.2 Å². The molecule has 0 fully saturated rings. The Balaban J connectivity index is 1.55. The van der Waals surface area contributed by atoms with Crippen LogP contribution in [0, 0.1) is 5.92 Å². The number of ether oxygens (including phenoxy) is 3. The Kier molecular flexibility index (Phi) is 5.35. The first-order valence-corrected chi connectivity index (χ1v) is 10.9. The van der Waals surface area contributed by atoms with Gasteiger partial charge in [0.15, 0.2) is 0 Å². The third-order valence-electron chi connectivity index (χ3n) is 6.11. The molecule has 2 aliphatic rings. The van der Waals surface area contributed by atoms with Crippen molar-refractivity contribution in [3.8, 4) is 23.0 Å². The van der Waals surface area contributed by atoms with Crippen molar-refractivity contribution in [3.05, 3.63) is 47.0 Å². The molecule has 30 heavy (non-hydrogen) atoms. The molecule has 2 aromatic rings. The standard InChI is InChI=1S/C25H33NO4/c1-16(2)10-12-28-18-6-7-20(21(27)13-18)25(26)14-17-5-8-22-19(23(17)29-15-25)9-11-24(3,4)30-22/h5-8,13,16,27H,9-12,14-15,26H2,1-4H3/t25-/m1/s1. The highest BCUT2D eigenvalue weighted by molar-refractivity contribution is 5.55. The van der Waals surface area contributed by atoms with Gasteiger partial charge < -0.3 is 25.1 Å². The lowest BCUT2D eigenvalue weighted by Crippen LogP contribution is -2.47. The number of phenolic OH excluding ortho intramolecular Hbond substituents is 1. The monoisotopic (exact) mass is 411 g/mol. The molecule has 2 aromatic carbocycles. The topological polar surface area (TPSA) is 73.9 Å². The van der Waals surface area contributed by atoms with E-state index in [0.717, 1.165) is 41.9 Å². The molecule has 5 heteroatoms. The van der Waals surface area contributed by atoms with Crippen LogP contribution < -0.4 is 19.9 Å². The van der Waals surface area contributed by atoms with Gasteiger partial charge >= 0.3 is 0 Å². The molecular weight excluding hydrogens is 378 g/mol. The first-order chi connectivity index (χ1) is 14.2. The smallest absolute Gasteiger partial charge is 0.129 e. The van der Waals surface area contributed by atoms with E-state index in [-0.39, 0.29) is 11.4 Å². The quantitative estimate of drug-likeness (QED) is 0.745. The zero-order valence-electron chi connectivity index (χ0n) is 18.5. The molecule has 0 spiro atoms. The van der Waals surface area contributed by atoms with E-state index >= 15 is 0 Å². The Bertz CT molecular complexity index is 937. The van der Waals surface area contributed by atoms with Crippen molar-refractivity contribution in [1.29, 1.82) is 0 Å². The lowest BCUT2D eigenvalue weighted by atomic mass is 9.81. The Morgan fingerprint density at radius 3 is 2.73 bits per heavy atom. The van der Waals surface area contributed by atoms with Crippen molar-refractivity contribution in [1.82, 2.24) is 0 Å². The number of hydrogen-bond acceptors (Lipinski definition) is 5. The van der Waals surface area contributed by atoms with Crippen LogP contribution >= 0.6 is 0 Å². The minimum absolute atomic E-state index is 0.148. The number of benzene rings is 2. The van der Waals surface area contributed by atoms with Crippen molar-refractivity contribution < 1.29 is 19.3 Å². The van der Waals surface area contributed by atoms with Gasteiger partial charge in [0.2, 0.25) is 0 Å². The molecule has 0 bridgehead atoms. The molecule has 0 saturated carbocycles. The van der Waals surface area contributed by atoms with Crippen LogP contribution in [0.5, 0.6) is 23.0 Å². The number of nitrogens with two attached hydrogens (primary N) is 1. The summed E-state index contributed by atoms with van der Waals surface area (Å²) in [5, 5.41) is 10.7. The third kappa shape index (κ3) is 4.08. The van der Waals surface area contributed by atoms with Crippen LogP contribution in [-0.4, -0.2) is 23.9 Å². The van der Waals surface area contributed by atoms with Crippen LogP contribution in [0.2, 0.25) is 0 Å². The van der Waals surface area contributed by atoms with E-state index in [1.54, 1.807) is 6.07 Å². The van der Waals surface area contributed by atoms with Gasteiger partial charge in [-0.1, -0.05) is 19.9 Å². The average molecular weight is 412 g/mol. The maximum Gasteiger partial charge on any atom is 0.129 e. The molecule has 0 unspecified atom stereocenters. The number of phenols is 1. The highest BCUT2D eigenvalue weighted by Crippen LogP contribution is 2.45. The molecule has 3 N–H and O–H groups in total. The molecule has 0 amide bonds. The Morgan fingerprint density at radius 1 is 1.20 bits per heavy atom. The number of hydrogen-bond donors (Lipinski definition) is 2. The van der Waals surface area contributed by atoms with Crippen LogP contribution in [0.25, 0.3) is 0 Å². The summed E-state index contributed by atoms with van der Waals surface area (Å²) in [7, 11) is 0. The second kappa shape index (κ2) is 7.69. The van der Waals surface area contributed by atoms with Gasteiger partial charge in [-0.05, 0) is 62.8 Å². The summed E-state index contributed by atoms with van der Waals surface area (Å²) >= 11 is 0. The first-order valence-electron chi connectivity index (χ1n) is 10.9. The van der Waals surface area contributed by atoms with Crippen molar-refractivity contribution in [2.24, 2.45) is 11.7 Å². The van der Waals surface area contributed by atoms with E-state index in [1.165, 1.54) is 0 Å². The lowest BCUT2D eigenvalue weighted by Gasteiger charge is -2.39. The predicted octanol–water partition coefficient (Wildman–Crippen LogP) is 4.71. The fourth-order valence-electron chi connectivity index (χ4n) is 4.28. The van der Waals surface area contributed by atoms with Crippen LogP contribution in [0.15, 0.2) is 30.3 Å². The Hall–Kier alpha value is -2.40. The van der Waals surface area contributed by atoms with E-state index in [2.05, 4.69) is 27.7 Å². The SMILES string of the molecule is CC(C)CCOc1ccc([C@]2(N)COc3c(ccc4c3CCC(C)(C)O4)C2)c(O)c1. The Labute approximate surface area is 179 Å². The summed E-state index contributed by atoms with van der Waals surface area (Å²) in [6, 6.07) is 9.45. The number of rotatable bonds is 5. The average Bonchev–Trinajstić information content (AvgIpc) is 2.66. The van der Waals surface area contributed by atoms with Crippen LogP contribution in [-0.2, 0) is 18.4 Å². The van der Waals surface area contributed by atoms with Gasteiger partial charge in [0.05, 0.1) is 12.1 Å². The molecule has 2 aliphatic heterocycles. The highest BCUT2D eigenvalue weighted by Gasteiger charge is 2.39. The summed E-state index contributed by atoms with van der Waals surface area (Å²) in [4.78, 5) is 0. The summed E-state index contributed by atoms with van der Waals surface area (Å²) in [6.45, 7) is 9.48. The minimum atomic E-state index is -0.795. The Morgan fingerprint density at radius 2 is 2.00 bits per heavy atom. The zero-order valence-corrected chi connectivity index (χ0v) is 18.5. The lowest BCUT2D eigenvalue weighted by molar-refractivity contribution is 0.0816. The van der Waals surface area contributed by atoms with E-state index < -0.39 is 5.54 Å². The number of aromatic hydroxyl groups is 1. The van der Waals surface area contributed by atoms with Crippen LogP contribution in [0.1, 0.15) is 57.2 Å². The van der Waals surface area contributed by atoms with Crippen LogP contribution in [0.4, 0.5) is 0 Å². The molecule has 2 heterocycles. The second-order valence-corrected chi connectivity index (χ2v) is 9.72. The molecule has 4 rings (SSSR count). The van der Waals surface area contributed by atoms with Gasteiger partial charge in [-0.3, -0.25) is 0 Å².